The number of rotatable bonds is 7. The molecule has 0 saturated heterocycles. The van der Waals surface area contributed by atoms with E-state index in [4.69, 9.17) is 4.74 Å². The van der Waals surface area contributed by atoms with Gasteiger partial charge in [-0.3, -0.25) is 0 Å². The zero-order valence-corrected chi connectivity index (χ0v) is 10.6. The molecule has 0 aromatic heterocycles. The minimum Gasteiger partial charge on any atom is -0.494 e. The van der Waals surface area contributed by atoms with Crippen LogP contribution in [0.4, 0.5) is 5.69 Å². The summed E-state index contributed by atoms with van der Waals surface area (Å²) in [5.41, 5.74) is 1.17. The Labute approximate surface area is 99.0 Å². The van der Waals surface area contributed by atoms with Crippen LogP contribution in [0, 0.1) is 5.92 Å². The van der Waals surface area contributed by atoms with Gasteiger partial charge in [-0.15, -0.1) is 0 Å². The van der Waals surface area contributed by atoms with Crippen molar-refractivity contribution in [3.63, 3.8) is 0 Å². The van der Waals surface area contributed by atoms with Gasteiger partial charge in [0.2, 0.25) is 0 Å². The van der Waals surface area contributed by atoms with Gasteiger partial charge < -0.3 is 10.1 Å². The summed E-state index contributed by atoms with van der Waals surface area (Å²) in [6.45, 7) is 8.41. The van der Waals surface area contributed by atoms with Gasteiger partial charge in [-0.05, 0) is 36.6 Å². The quantitative estimate of drug-likeness (QED) is 0.753. The van der Waals surface area contributed by atoms with E-state index in [1.807, 2.05) is 12.1 Å². The van der Waals surface area contributed by atoms with Gasteiger partial charge in [0.1, 0.15) is 5.75 Å². The number of benzene rings is 1. The standard InChI is InChI=1S/C14H23NO/c1-4-10-16-14-8-6-13(7-9-14)15-11-12(3)5-2/h6-9,12,15H,4-5,10-11H2,1-3H3. The van der Waals surface area contributed by atoms with E-state index in [0.29, 0.717) is 0 Å². The number of nitrogens with one attached hydrogen (secondary N) is 1. The maximum atomic E-state index is 5.53. The first-order valence-corrected chi connectivity index (χ1v) is 6.23. The summed E-state index contributed by atoms with van der Waals surface area (Å²) in [7, 11) is 0. The van der Waals surface area contributed by atoms with Crippen molar-refractivity contribution >= 4 is 5.69 Å². The van der Waals surface area contributed by atoms with Crippen molar-refractivity contribution in [3.05, 3.63) is 24.3 Å². The fourth-order valence-electron chi connectivity index (χ4n) is 1.33. The molecule has 1 unspecified atom stereocenters. The molecule has 0 heterocycles. The molecule has 0 aliphatic heterocycles. The molecule has 0 radical (unpaired) electrons. The van der Waals surface area contributed by atoms with Gasteiger partial charge in [-0.25, -0.2) is 0 Å². The second kappa shape index (κ2) is 7.15. The molecule has 1 atom stereocenters. The summed E-state index contributed by atoms with van der Waals surface area (Å²) in [6, 6.07) is 8.20. The average molecular weight is 221 g/mol. The van der Waals surface area contributed by atoms with Gasteiger partial charge in [0.25, 0.3) is 0 Å². The highest BCUT2D eigenvalue weighted by Crippen LogP contribution is 2.16. The smallest absolute Gasteiger partial charge is 0.119 e. The Bertz CT molecular complexity index is 281. The highest BCUT2D eigenvalue weighted by Gasteiger charge is 1.98. The Morgan fingerprint density at radius 1 is 1.19 bits per heavy atom. The van der Waals surface area contributed by atoms with Crippen LogP contribution in [0.15, 0.2) is 24.3 Å². The normalized spacial score (nSPS) is 12.2. The molecule has 0 bridgehead atoms. The van der Waals surface area contributed by atoms with Crippen LogP contribution in [-0.2, 0) is 0 Å². The molecular weight excluding hydrogens is 198 g/mol. The highest BCUT2D eigenvalue weighted by molar-refractivity contribution is 5.46. The summed E-state index contributed by atoms with van der Waals surface area (Å²) in [4.78, 5) is 0. The summed E-state index contributed by atoms with van der Waals surface area (Å²) in [6.07, 6.45) is 2.26. The third kappa shape index (κ3) is 4.56. The lowest BCUT2D eigenvalue weighted by Crippen LogP contribution is -2.09. The summed E-state index contributed by atoms with van der Waals surface area (Å²) >= 11 is 0. The van der Waals surface area contributed by atoms with Crippen LogP contribution < -0.4 is 10.1 Å². The van der Waals surface area contributed by atoms with Gasteiger partial charge in [0, 0.05) is 12.2 Å². The molecule has 1 rings (SSSR count). The van der Waals surface area contributed by atoms with E-state index in [2.05, 4.69) is 38.2 Å². The number of ether oxygens (including phenoxy) is 1. The Balaban J connectivity index is 2.38. The Morgan fingerprint density at radius 3 is 2.44 bits per heavy atom. The van der Waals surface area contributed by atoms with E-state index >= 15 is 0 Å². The van der Waals surface area contributed by atoms with Crippen LogP contribution >= 0.6 is 0 Å². The molecule has 2 nitrogen and oxygen atoms in total. The van der Waals surface area contributed by atoms with E-state index in [-0.39, 0.29) is 0 Å². The first-order chi connectivity index (χ1) is 7.76. The molecule has 0 fully saturated rings. The van der Waals surface area contributed by atoms with E-state index in [0.717, 1.165) is 31.2 Å². The van der Waals surface area contributed by atoms with Crippen LogP contribution in [0.1, 0.15) is 33.6 Å². The monoisotopic (exact) mass is 221 g/mol. The lowest BCUT2D eigenvalue weighted by atomic mass is 10.1. The molecule has 1 aromatic rings. The number of hydrogen-bond acceptors (Lipinski definition) is 2. The second-order valence-electron chi connectivity index (χ2n) is 4.27. The molecule has 90 valence electrons. The minimum absolute atomic E-state index is 0.719. The van der Waals surface area contributed by atoms with E-state index in [1.165, 1.54) is 12.1 Å². The van der Waals surface area contributed by atoms with Gasteiger partial charge in [0.15, 0.2) is 0 Å². The third-order valence-electron chi connectivity index (χ3n) is 2.68. The molecule has 2 heteroatoms. The fraction of sp³-hybridized carbons (Fsp3) is 0.571. The van der Waals surface area contributed by atoms with Crippen molar-refractivity contribution in [1.82, 2.24) is 0 Å². The largest absolute Gasteiger partial charge is 0.494 e. The summed E-state index contributed by atoms with van der Waals surface area (Å²) < 4.78 is 5.53. The predicted octanol–water partition coefficient (Wildman–Crippen LogP) is 3.93. The maximum Gasteiger partial charge on any atom is 0.119 e. The topological polar surface area (TPSA) is 21.3 Å². The van der Waals surface area contributed by atoms with Crippen molar-refractivity contribution in [2.45, 2.75) is 33.6 Å². The zero-order chi connectivity index (χ0) is 11.8. The van der Waals surface area contributed by atoms with Crippen LogP contribution in [0.2, 0.25) is 0 Å². The van der Waals surface area contributed by atoms with Crippen LogP contribution in [0.5, 0.6) is 5.75 Å². The van der Waals surface area contributed by atoms with Crippen LogP contribution in [-0.4, -0.2) is 13.2 Å². The molecule has 0 saturated carbocycles. The highest BCUT2D eigenvalue weighted by atomic mass is 16.5. The molecule has 1 N–H and O–H groups in total. The van der Waals surface area contributed by atoms with E-state index < -0.39 is 0 Å². The SMILES string of the molecule is CCCOc1ccc(NCC(C)CC)cc1. The number of anilines is 1. The molecule has 0 amide bonds. The molecule has 0 aliphatic carbocycles. The van der Waals surface area contributed by atoms with E-state index in [1.54, 1.807) is 0 Å². The Kier molecular flexibility index (Phi) is 5.76. The molecule has 1 aromatic carbocycles. The first-order valence-electron chi connectivity index (χ1n) is 6.23. The molecular formula is C14H23NO. The lowest BCUT2D eigenvalue weighted by molar-refractivity contribution is 0.317. The van der Waals surface area contributed by atoms with Gasteiger partial charge in [-0.2, -0.15) is 0 Å². The molecule has 16 heavy (non-hydrogen) atoms. The maximum absolute atomic E-state index is 5.53. The molecule has 0 aliphatic rings. The Morgan fingerprint density at radius 2 is 1.88 bits per heavy atom. The Hall–Kier alpha value is -1.18. The van der Waals surface area contributed by atoms with Crippen molar-refractivity contribution in [3.8, 4) is 5.75 Å². The van der Waals surface area contributed by atoms with Crippen LogP contribution in [0.3, 0.4) is 0 Å². The van der Waals surface area contributed by atoms with Gasteiger partial charge >= 0.3 is 0 Å². The van der Waals surface area contributed by atoms with Gasteiger partial charge in [0.05, 0.1) is 6.61 Å². The third-order valence-corrected chi connectivity index (χ3v) is 2.68. The van der Waals surface area contributed by atoms with Crippen molar-refractivity contribution in [2.75, 3.05) is 18.5 Å². The zero-order valence-electron chi connectivity index (χ0n) is 10.6. The van der Waals surface area contributed by atoms with Gasteiger partial charge in [-0.1, -0.05) is 27.2 Å². The molecule has 0 spiro atoms. The van der Waals surface area contributed by atoms with Crippen molar-refractivity contribution in [1.29, 1.82) is 0 Å². The number of hydrogen-bond donors (Lipinski definition) is 1. The lowest BCUT2D eigenvalue weighted by Gasteiger charge is -2.12. The van der Waals surface area contributed by atoms with E-state index in [9.17, 15) is 0 Å². The summed E-state index contributed by atoms with van der Waals surface area (Å²) in [5.74, 6) is 1.67. The fourth-order valence-corrected chi connectivity index (χ4v) is 1.33. The minimum atomic E-state index is 0.719. The van der Waals surface area contributed by atoms with Crippen molar-refractivity contribution in [2.24, 2.45) is 5.92 Å². The van der Waals surface area contributed by atoms with Crippen molar-refractivity contribution < 1.29 is 4.74 Å². The van der Waals surface area contributed by atoms with Crippen LogP contribution in [0.25, 0.3) is 0 Å². The average Bonchev–Trinajstić information content (AvgIpc) is 2.34. The predicted molar refractivity (Wildman–Crippen MR) is 70.2 cm³/mol. The summed E-state index contributed by atoms with van der Waals surface area (Å²) in [5, 5.41) is 3.42. The first kappa shape index (κ1) is 12.9. The second-order valence-corrected chi connectivity index (χ2v) is 4.27.